The zero-order chi connectivity index (χ0) is 19.0. The van der Waals surface area contributed by atoms with E-state index in [0.717, 1.165) is 17.7 Å². The molecule has 134 valence electrons. The van der Waals surface area contributed by atoms with E-state index in [1.807, 2.05) is 0 Å². The van der Waals surface area contributed by atoms with Gasteiger partial charge in [0.2, 0.25) is 0 Å². The Morgan fingerprint density at radius 3 is 2.73 bits per heavy atom. The van der Waals surface area contributed by atoms with Gasteiger partial charge in [-0.2, -0.15) is 5.10 Å². The molecule has 0 saturated carbocycles. The van der Waals surface area contributed by atoms with Crippen LogP contribution in [0.2, 0.25) is 5.02 Å². The van der Waals surface area contributed by atoms with Crippen LogP contribution < -0.4 is 5.73 Å². The first-order chi connectivity index (χ1) is 12.4. The highest BCUT2D eigenvalue weighted by molar-refractivity contribution is 6.33. The molecule has 0 amide bonds. The molecule has 3 rings (SSSR count). The number of carboxylic acid groups (broad SMARTS) is 1. The molecule has 1 aromatic carbocycles. The number of halogens is 2. The number of rotatable bonds is 4. The second-order valence-corrected chi connectivity index (χ2v) is 5.60. The Hall–Kier alpha value is -3.04. The number of benzene rings is 1. The first-order valence-electron chi connectivity index (χ1n) is 7.27. The molecule has 0 fully saturated rings. The molecular weight excluding hydrogens is 367 g/mol. The Morgan fingerprint density at radius 2 is 2.12 bits per heavy atom. The van der Waals surface area contributed by atoms with Crippen molar-refractivity contribution in [1.29, 1.82) is 0 Å². The lowest BCUT2D eigenvalue weighted by Gasteiger charge is -2.08. The molecule has 2 heterocycles. The van der Waals surface area contributed by atoms with Gasteiger partial charge in [-0.05, 0) is 11.6 Å². The number of carbonyl (C=O) groups excluding carboxylic acids is 1. The van der Waals surface area contributed by atoms with E-state index in [9.17, 15) is 19.1 Å². The van der Waals surface area contributed by atoms with Crippen LogP contribution in [0.3, 0.4) is 0 Å². The smallest absolute Gasteiger partial charge is 0.356 e. The number of hydrogen-bond donors (Lipinski definition) is 2. The molecule has 0 unspecified atom stereocenters. The van der Waals surface area contributed by atoms with Gasteiger partial charge in [0.05, 0.1) is 17.8 Å². The minimum Gasteiger partial charge on any atom is -0.477 e. The summed E-state index contributed by atoms with van der Waals surface area (Å²) in [6.07, 6.45) is 0. The van der Waals surface area contributed by atoms with E-state index in [2.05, 4.69) is 14.8 Å². The molecule has 0 bridgehead atoms. The molecule has 3 N–H and O–H groups in total. The fourth-order valence-electron chi connectivity index (χ4n) is 2.49. The van der Waals surface area contributed by atoms with Gasteiger partial charge in [0, 0.05) is 24.2 Å². The summed E-state index contributed by atoms with van der Waals surface area (Å²) in [4.78, 5) is 27.2. The van der Waals surface area contributed by atoms with Crippen LogP contribution in [-0.4, -0.2) is 38.8 Å². The average molecular weight is 379 g/mol. The van der Waals surface area contributed by atoms with Crippen molar-refractivity contribution < 1.29 is 23.8 Å². The molecule has 0 aliphatic carbocycles. The number of carboxylic acids is 1. The third-order valence-electron chi connectivity index (χ3n) is 3.70. The number of ether oxygens (including phenoxy) is 1. The van der Waals surface area contributed by atoms with Crippen molar-refractivity contribution in [3.05, 3.63) is 52.1 Å². The molecule has 0 aliphatic rings. The van der Waals surface area contributed by atoms with Gasteiger partial charge >= 0.3 is 11.9 Å². The monoisotopic (exact) mass is 378 g/mol. The second kappa shape index (κ2) is 6.70. The van der Waals surface area contributed by atoms with Crippen molar-refractivity contribution in [3.8, 4) is 11.3 Å². The molecule has 10 heteroatoms. The zero-order valence-electron chi connectivity index (χ0n) is 13.4. The number of nitrogens with two attached hydrogens (primary N) is 1. The third kappa shape index (κ3) is 2.87. The summed E-state index contributed by atoms with van der Waals surface area (Å²) in [6.45, 7) is 0.0703. The van der Waals surface area contributed by atoms with Crippen LogP contribution in [0.4, 0.5) is 4.39 Å². The number of aromatic carboxylic acids is 1. The van der Waals surface area contributed by atoms with Crippen molar-refractivity contribution in [2.45, 2.75) is 6.54 Å². The number of aromatic nitrogens is 3. The highest BCUT2D eigenvalue weighted by atomic mass is 35.5. The largest absolute Gasteiger partial charge is 0.477 e. The van der Waals surface area contributed by atoms with E-state index >= 15 is 0 Å². The number of fused-ring (bicyclic) bond motifs is 1. The van der Waals surface area contributed by atoms with Crippen molar-refractivity contribution >= 4 is 29.2 Å². The molecule has 0 spiro atoms. The zero-order valence-corrected chi connectivity index (χ0v) is 14.1. The molecule has 2 aromatic heterocycles. The van der Waals surface area contributed by atoms with Gasteiger partial charge in [-0.3, -0.25) is 0 Å². The standard InChI is InChI=1S/C16H12ClFN4O4/c1-26-16(25)11-4-10(15(23)24)20-12-5-9(21-22(11)12)13-7(6-19)2-3-8(18)14(13)17/h2-5H,6,19H2,1H3,(H,23,24). The maximum Gasteiger partial charge on any atom is 0.356 e. The van der Waals surface area contributed by atoms with Crippen LogP contribution in [0.5, 0.6) is 0 Å². The maximum atomic E-state index is 13.9. The van der Waals surface area contributed by atoms with Crippen LogP contribution in [0.1, 0.15) is 26.5 Å². The molecule has 8 nitrogen and oxygen atoms in total. The van der Waals surface area contributed by atoms with Gasteiger partial charge in [-0.15, -0.1) is 0 Å². The number of hydrogen-bond acceptors (Lipinski definition) is 6. The summed E-state index contributed by atoms with van der Waals surface area (Å²) in [7, 11) is 1.15. The predicted molar refractivity (Wildman–Crippen MR) is 89.6 cm³/mol. The van der Waals surface area contributed by atoms with Gasteiger partial charge in [-0.1, -0.05) is 17.7 Å². The summed E-state index contributed by atoms with van der Waals surface area (Å²) in [5.41, 5.74) is 6.18. The Balaban J connectivity index is 2.33. The summed E-state index contributed by atoms with van der Waals surface area (Å²) in [5, 5.41) is 13.2. The minimum absolute atomic E-state index is 0.0589. The normalized spacial score (nSPS) is 10.9. The van der Waals surface area contributed by atoms with Crippen molar-refractivity contribution in [2.75, 3.05) is 7.11 Å². The lowest BCUT2D eigenvalue weighted by Crippen LogP contribution is -2.13. The van der Waals surface area contributed by atoms with Gasteiger partial charge in [0.1, 0.15) is 5.82 Å². The summed E-state index contributed by atoms with van der Waals surface area (Å²) in [5.74, 6) is -2.80. The lowest BCUT2D eigenvalue weighted by atomic mass is 10.0. The van der Waals surface area contributed by atoms with Crippen LogP contribution >= 0.6 is 11.6 Å². The Kier molecular flexibility index (Phi) is 4.58. The fraction of sp³-hybridized carbons (Fsp3) is 0.125. The first kappa shape index (κ1) is 17.8. The molecule has 0 saturated heterocycles. The van der Waals surface area contributed by atoms with Gasteiger partial charge in [0.15, 0.2) is 17.0 Å². The van der Waals surface area contributed by atoms with E-state index in [1.54, 1.807) is 0 Å². The third-order valence-corrected chi connectivity index (χ3v) is 4.07. The van der Waals surface area contributed by atoms with Crippen LogP contribution in [0.25, 0.3) is 16.9 Å². The second-order valence-electron chi connectivity index (χ2n) is 5.22. The summed E-state index contributed by atoms with van der Waals surface area (Å²) >= 11 is 6.06. The molecular formula is C16H12ClFN4O4. The molecule has 0 atom stereocenters. The van der Waals surface area contributed by atoms with Gasteiger partial charge < -0.3 is 15.6 Å². The summed E-state index contributed by atoms with van der Waals surface area (Å²) < 4.78 is 19.7. The molecule has 0 aliphatic heterocycles. The van der Waals surface area contributed by atoms with Crippen LogP contribution in [0.15, 0.2) is 24.3 Å². The van der Waals surface area contributed by atoms with Crippen molar-refractivity contribution in [2.24, 2.45) is 5.73 Å². The molecule has 0 radical (unpaired) electrons. The van der Waals surface area contributed by atoms with E-state index in [1.165, 1.54) is 18.2 Å². The molecule has 3 aromatic rings. The fourth-order valence-corrected chi connectivity index (χ4v) is 2.78. The highest BCUT2D eigenvalue weighted by Crippen LogP contribution is 2.33. The van der Waals surface area contributed by atoms with E-state index in [-0.39, 0.29) is 39.9 Å². The maximum absolute atomic E-state index is 13.9. The van der Waals surface area contributed by atoms with Gasteiger partial charge in [0.25, 0.3) is 0 Å². The first-order valence-corrected chi connectivity index (χ1v) is 7.65. The molecule has 26 heavy (non-hydrogen) atoms. The Bertz CT molecular complexity index is 1050. The van der Waals surface area contributed by atoms with Crippen molar-refractivity contribution in [1.82, 2.24) is 14.6 Å². The van der Waals surface area contributed by atoms with E-state index < -0.39 is 17.8 Å². The van der Waals surface area contributed by atoms with Crippen molar-refractivity contribution in [3.63, 3.8) is 0 Å². The van der Waals surface area contributed by atoms with Gasteiger partial charge in [-0.25, -0.2) is 23.5 Å². The Morgan fingerprint density at radius 1 is 1.38 bits per heavy atom. The number of esters is 1. The van der Waals surface area contributed by atoms with E-state index in [0.29, 0.717) is 5.56 Å². The van der Waals surface area contributed by atoms with E-state index in [4.69, 9.17) is 17.3 Å². The van der Waals surface area contributed by atoms with Crippen LogP contribution in [0, 0.1) is 5.82 Å². The summed E-state index contributed by atoms with van der Waals surface area (Å²) in [6, 6.07) is 5.08. The minimum atomic E-state index is -1.33. The highest BCUT2D eigenvalue weighted by Gasteiger charge is 2.21. The number of methoxy groups -OCH3 is 1. The topological polar surface area (TPSA) is 120 Å². The number of carbonyl (C=O) groups is 2. The lowest BCUT2D eigenvalue weighted by molar-refractivity contribution is 0.0590. The quantitative estimate of drug-likeness (QED) is 0.667. The predicted octanol–water partition coefficient (Wildman–Crippen LogP) is 2.13. The SMILES string of the molecule is COC(=O)c1cc(C(=O)O)nc2cc(-c3c(CN)ccc(F)c3Cl)nn12. The number of nitrogens with zero attached hydrogens (tertiary/aromatic N) is 3. The van der Waals surface area contributed by atoms with Crippen LogP contribution in [-0.2, 0) is 11.3 Å². The Labute approximate surface area is 151 Å². The average Bonchev–Trinajstić information content (AvgIpc) is 3.05.